The molecule has 3 aromatic rings. The monoisotopic (exact) mass is 485 g/mol. The number of amides is 1. The Morgan fingerprint density at radius 3 is 2.52 bits per heavy atom. The third-order valence-corrected chi connectivity index (χ3v) is 5.43. The maximum Gasteiger partial charge on any atom is 0.247 e. The van der Waals surface area contributed by atoms with Gasteiger partial charge in [0.2, 0.25) is 17.7 Å². The number of aromatic nitrogens is 2. The Bertz CT molecular complexity index is 1000. The van der Waals surface area contributed by atoms with Crippen molar-refractivity contribution < 1.29 is 13.9 Å². The molecule has 1 amide bonds. The van der Waals surface area contributed by atoms with E-state index in [1.54, 1.807) is 0 Å². The molecule has 1 aliphatic heterocycles. The number of benzene rings is 2. The maximum absolute atomic E-state index is 12.4. The van der Waals surface area contributed by atoms with Crippen LogP contribution in [-0.2, 0) is 16.1 Å². The number of nitrogens with one attached hydrogen (secondary N) is 1. The van der Waals surface area contributed by atoms with E-state index < -0.39 is 0 Å². The molecule has 4 rings (SSSR count). The zero-order chi connectivity index (χ0) is 21.6. The van der Waals surface area contributed by atoms with Gasteiger partial charge in [-0.25, -0.2) is 0 Å². The highest BCUT2D eigenvalue weighted by Gasteiger charge is 2.14. The number of anilines is 2. The van der Waals surface area contributed by atoms with Crippen molar-refractivity contribution in [1.82, 2.24) is 15.1 Å². The summed E-state index contributed by atoms with van der Waals surface area (Å²) in [6.45, 7) is 3.85. The zero-order valence-electron chi connectivity index (χ0n) is 17.3. The van der Waals surface area contributed by atoms with E-state index in [0.29, 0.717) is 18.3 Å². The first-order valence-corrected chi connectivity index (χ1v) is 10.9. The fourth-order valence-corrected chi connectivity index (χ4v) is 3.60. The molecule has 2 heterocycles. The minimum absolute atomic E-state index is 0.103. The number of ether oxygens (including phenoxy) is 1. The lowest BCUT2D eigenvalue weighted by Gasteiger charge is -2.28. The lowest BCUT2D eigenvalue weighted by Crippen LogP contribution is -2.36. The number of carbonyl (C=O) groups excluding carboxylic acids is 1. The van der Waals surface area contributed by atoms with Crippen LogP contribution in [0.3, 0.4) is 0 Å². The number of hydrogen-bond donors (Lipinski definition) is 1. The fourth-order valence-electron chi connectivity index (χ4n) is 3.34. The second kappa shape index (κ2) is 10.0. The molecular formula is C22H24BrN5O3. The summed E-state index contributed by atoms with van der Waals surface area (Å²) in [6, 6.07) is 15.5. The number of morpholine rings is 1. The van der Waals surface area contributed by atoms with Crippen LogP contribution >= 0.6 is 15.9 Å². The van der Waals surface area contributed by atoms with Crippen molar-refractivity contribution in [3.63, 3.8) is 0 Å². The topological polar surface area (TPSA) is 83.7 Å². The SMILES string of the molecule is CN(CC(=O)Nc1ccc(N2CCOCC2)cc1)Cc1nnc(-c2ccc(Br)cc2)o1. The molecule has 1 saturated heterocycles. The van der Waals surface area contributed by atoms with Gasteiger partial charge in [0.05, 0.1) is 26.3 Å². The first-order chi connectivity index (χ1) is 15.1. The summed E-state index contributed by atoms with van der Waals surface area (Å²) >= 11 is 3.41. The Morgan fingerprint density at radius 2 is 1.81 bits per heavy atom. The van der Waals surface area contributed by atoms with Crippen LogP contribution in [0, 0.1) is 0 Å². The van der Waals surface area contributed by atoms with E-state index in [9.17, 15) is 4.79 Å². The number of hydrogen-bond acceptors (Lipinski definition) is 7. The Kier molecular flexibility index (Phi) is 6.96. The van der Waals surface area contributed by atoms with Crippen LogP contribution in [0.2, 0.25) is 0 Å². The van der Waals surface area contributed by atoms with Gasteiger partial charge in [-0.2, -0.15) is 0 Å². The molecule has 1 aromatic heterocycles. The molecule has 8 nitrogen and oxygen atoms in total. The summed E-state index contributed by atoms with van der Waals surface area (Å²) in [6.07, 6.45) is 0. The summed E-state index contributed by atoms with van der Waals surface area (Å²) in [5.74, 6) is 0.818. The predicted molar refractivity (Wildman–Crippen MR) is 122 cm³/mol. The highest BCUT2D eigenvalue weighted by atomic mass is 79.9. The minimum Gasteiger partial charge on any atom is -0.419 e. The summed E-state index contributed by atoms with van der Waals surface area (Å²) in [4.78, 5) is 16.5. The van der Waals surface area contributed by atoms with Crippen LogP contribution in [-0.4, -0.2) is 60.9 Å². The number of rotatable bonds is 7. The molecule has 31 heavy (non-hydrogen) atoms. The highest BCUT2D eigenvalue weighted by Crippen LogP contribution is 2.21. The Hall–Kier alpha value is -2.75. The van der Waals surface area contributed by atoms with Gasteiger partial charge in [0.1, 0.15) is 0 Å². The molecule has 1 fully saturated rings. The van der Waals surface area contributed by atoms with Crippen molar-refractivity contribution in [2.24, 2.45) is 0 Å². The van der Waals surface area contributed by atoms with Crippen molar-refractivity contribution >= 4 is 33.2 Å². The molecule has 0 atom stereocenters. The summed E-state index contributed by atoms with van der Waals surface area (Å²) in [7, 11) is 1.84. The molecule has 0 aliphatic carbocycles. The first kappa shape index (κ1) is 21.5. The van der Waals surface area contributed by atoms with Gasteiger partial charge in [0.25, 0.3) is 0 Å². The van der Waals surface area contributed by atoms with Crippen molar-refractivity contribution in [3.05, 3.63) is 58.9 Å². The fraction of sp³-hybridized carbons (Fsp3) is 0.318. The van der Waals surface area contributed by atoms with E-state index in [4.69, 9.17) is 9.15 Å². The van der Waals surface area contributed by atoms with E-state index in [1.165, 1.54) is 0 Å². The third kappa shape index (κ3) is 5.90. The molecule has 1 N–H and O–H groups in total. The smallest absolute Gasteiger partial charge is 0.247 e. The van der Waals surface area contributed by atoms with Gasteiger partial charge in [-0.15, -0.1) is 10.2 Å². The summed E-state index contributed by atoms with van der Waals surface area (Å²) in [5.41, 5.74) is 2.75. The molecule has 0 spiro atoms. The van der Waals surface area contributed by atoms with Crippen molar-refractivity contribution in [2.75, 3.05) is 50.1 Å². The van der Waals surface area contributed by atoms with Crippen LogP contribution in [0.15, 0.2) is 57.4 Å². The molecule has 0 saturated carbocycles. The Labute approximate surface area is 189 Å². The third-order valence-electron chi connectivity index (χ3n) is 4.90. The minimum atomic E-state index is -0.103. The van der Waals surface area contributed by atoms with Crippen LogP contribution < -0.4 is 10.2 Å². The quantitative estimate of drug-likeness (QED) is 0.548. The summed E-state index contributed by atoms with van der Waals surface area (Å²) in [5, 5.41) is 11.1. The van der Waals surface area contributed by atoms with Gasteiger partial charge in [-0.1, -0.05) is 15.9 Å². The molecule has 1 aliphatic rings. The largest absolute Gasteiger partial charge is 0.419 e. The van der Waals surface area contributed by atoms with Gasteiger partial charge >= 0.3 is 0 Å². The number of nitrogens with zero attached hydrogens (tertiary/aromatic N) is 4. The summed E-state index contributed by atoms with van der Waals surface area (Å²) < 4.78 is 12.1. The van der Waals surface area contributed by atoms with Crippen molar-refractivity contribution in [2.45, 2.75) is 6.54 Å². The van der Waals surface area contributed by atoms with Crippen LogP contribution in [0.25, 0.3) is 11.5 Å². The zero-order valence-corrected chi connectivity index (χ0v) is 18.8. The van der Waals surface area contributed by atoms with Gasteiger partial charge < -0.3 is 19.4 Å². The van der Waals surface area contributed by atoms with Crippen molar-refractivity contribution in [1.29, 1.82) is 0 Å². The van der Waals surface area contributed by atoms with Crippen LogP contribution in [0.4, 0.5) is 11.4 Å². The molecule has 0 bridgehead atoms. The van der Waals surface area contributed by atoms with Gasteiger partial charge in [0.15, 0.2) is 0 Å². The number of carbonyl (C=O) groups is 1. The standard InChI is InChI=1S/C22H24BrN5O3/c1-27(15-21-25-26-22(31-21)16-2-4-17(23)5-3-16)14-20(29)24-18-6-8-19(9-7-18)28-10-12-30-13-11-28/h2-9H,10-15H2,1H3,(H,24,29). The average molecular weight is 486 g/mol. The highest BCUT2D eigenvalue weighted by molar-refractivity contribution is 9.10. The van der Waals surface area contributed by atoms with E-state index in [0.717, 1.165) is 47.7 Å². The van der Waals surface area contributed by atoms with Gasteiger partial charge in [-0.05, 0) is 55.6 Å². The van der Waals surface area contributed by atoms with Crippen LogP contribution in [0.1, 0.15) is 5.89 Å². The normalized spacial score (nSPS) is 14.1. The molecule has 0 radical (unpaired) electrons. The molecule has 9 heteroatoms. The van der Waals surface area contributed by atoms with Crippen LogP contribution in [0.5, 0.6) is 0 Å². The Morgan fingerprint density at radius 1 is 1.10 bits per heavy atom. The van der Waals surface area contributed by atoms with E-state index in [1.807, 2.05) is 60.5 Å². The van der Waals surface area contributed by atoms with Crippen molar-refractivity contribution in [3.8, 4) is 11.5 Å². The molecular weight excluding hydrogens is 462 g/mol. The second-order valence-corrected chi connectivity index (χ2v) is 8.29. The number of halogens is 1. The lowest BCUT2D eigenvalue weighted by atomic mass is 10.2. The molecule has 0 unspecified atom stereocenters. The number of likely N-dealkylation sites (N-methyl/N-ethyl adjacent to an activating group) is 1. The van der Waals surface area contributed by atoms with E-state index in [-0.39, 0.29) is 12.5 Å². The Balaban J connectivity index is 1.27. The predicted octanol–water partition coefficient (Wildman–Crippen LogP) is 3.41. The maximum atomic E-state index is 12.4. The van der Waals surface area contributed by atoms with E-state index in [2.05, 4.69) is 36.3 Å². The second-order valence-electron chi connectivity index (χ2n) is 7.37. The van der Waals surface area contributed by atoms with Gasteiger partial charge in [-0.3, -0.25) is 9.69 Å². The lowest BCUT2D eigenvalue weighted by molar-refractivity contribution is -0.117. The van der Waals surface area contributed by atoms with Gasteiger partial charge in [0, 0.05) is 34.5 Å². The van der Waals surface area contributed by atoms with E-state index >= 15 is 0 Å². The molecule has 2 aromatic carbocycles. The first-order valence-electron chi connectivity index (χ1n) is 10.1. The molecule has 162 valence electrons. The average Bonchev–Trinajstić information content (AvgIpc) is 3.23.